The van der Waals surface area contributed by atoms with Crippen molar-refractivity contribution in [1.82, 2.24) is 4.98 Å². The number of rotatable bonds is 4. The minimum absolute atomic E-state index is 0.120. The maximum atomic E-state index is 14.4. The summed E-state index contributed by atoms with van der Waals surface area (Å²) >= 11 is 0. The summed E-state index contributed by atoms with van der Waals surface area (Å²) in [5, 5.41) is 0. The third-order valence-corrected chi connectivity index (χ3v) is 3.84. The monoisotopic (exact) mass is 317 g/mol. The zero-order valence-corrected chi connectivity index (χ0v) is 14.6. The average Bonchev–Trinajstić information content (AvgIpc) is 2.48. The molecule has 0 amide bonds. The van der Waals surface area contributed by atoms with E-state index in [-0.39, 0.29) is 17.3 Å². The Kier molecular flexibility index (Phi) is 5.05. The van der Waals surface area contributed by atoms with Crippen molar-refractivity contribution >= 4 is 0 Å². The van der Waals surface area contributed by atoms with Gasteiger partial charge in [-0.05, 0) is 23.5 Å². The summed E-state index contributed by atoms with van der Waals surface area (Å²) in [4.78, 5) is 3.92. The first kappa shape index (κ1) is 17.4. The smallest absolute Gasteiger partial charge is 0.213 e. The summed E-state index contributed by atoms with van der Waals surface area (Å²) in [7, 11) is 3.21. The molecule has 0 aliphatic carbocycles. The molecule has 2 aromatic rings. The molecule has 1 aromatic heterocycles. The van der Waals surface area contributed by atoms with E-state index in [1.807, 2.05) is 19.1 Å². The van der Waals surface area contributed by atoms with E-state index in [4.69, 9.17) is 9.47 Å². The van der Waals surface area contributed by atoms with Gasteiger partial charge in [0.05, 0.1) is 19.4 Å². The molecule has 0 spiro atoms. The second kappa shape index (κ2) is 6.67. The van der Waals surface area contributed by atoms with Crippen LogP contribution in [0.4, 0.5) is 4.39 Å². The number of methoxy groups -OCH3 is 2. The molecule has 0 saturated heterocycles. The van der Waals surface area contributed by atoms with E-state index in [0.29, 0.717) is 11.4 Å². The maximum Gasteiger partial charge on any atom is 0.213 e. The molecule has 0 N–H and O–H groups in total. The quantitative estimate of drug-likeness (QED) is 0.800. The third-order valence-electron chi connectivity index (χ3n) is 3.84. The molecule has 124 valence electrons. The van der Waals surface area contributed by atoms with E-state index >= 15 is 0 Å². The number of hydrogen-bond donors (Lipinski definition) is 0. The summed E-state index contributed by atoms with van der Waals surface area (Å²) in [5.41, 5.74) is 3.22. The van der Waals surface area contributed by atoms with Crippen molar-refractivity contribution in [1.29, 1.82) is 0 Å². The SMILES string of the molecule is COc1cc(-c2ccc(C)cc2[C@@H](OC)C(C)(C)C)c(F)cn1. The zero-order valence-electron chi connectivity index (χ0n) is 14.6. The predicted molar refractivity (Wildman–Crippen MR) is 90.1 cm³/mol. The van der Waals surface area contributed by atoms with Crippen LogP contribution in [0.3, 0.4) is 0 Å². The molecule has 1 atom stereocenters. The molecule has 1 heterocycles. The Morgan fingerprint density at radius 3 is 2.35 bits per heavy atom. The van der Waals surface area contributed by atoms with Crippen molar-refractivity contribution in [3.8, 4) is 17.0 Å². The number of halogens is 1. The Bertz CT molecular complexity index is 692. The molecule has 0 fully saturated rings. The van der Waals surface area contributed by atoms with Crippen LogP contribution < -0.4 is 4.74 Å². The minimum atomic E-state index is -0.375. The Balaban J connectivity index is 2.69. The van der Waals surface area contributed by atoms with Crippen molar-refractivity contribution in [2.75, 3.05) is 14.2 Å². The molecule has 0 bridgehead atoms. The van der Waals surface area contributed by atoms with Gasteiger partial charge in [-0.2, -0.15) is 0 Å². The van der Waals surface area contributed by atoms with Gasteiger partial charge in [0.25, 0.3) is 0 Å². The molecule has 0 unspecified atom stereocenters. The third kappa shape index (κ3) is 3.70. The summed E-state index contributed by atoms with van der Waals surface area (Å²) in [6.07, 6.45) is 1.03. The molecular weight excluding hydrogens is 293 g/mol. The van der Waals surface area contributed by atoms with Gasteiger partial charge in [0, 0.05) is 18.7 Å². The largest absolute Gasteiger partial charge is 0.481 e. The minimum Gasteiger partial charge on any atom is -0.481 e. The van der Waals surface area contributed by atoms with Crippen LogP contribution in [0.25, 0.3) is 11.1 Å². The van der Waals surface area contributed by atoms with Crippen molar-refractivity contribution in [2.45, 2.75) is 33.8 Å². The second-order valence-corrected chi connectivity index (χ2v) is 6.78. The number of aryl methyl sites for hydroxylation is 1. The molecule has 0 aliphatic rings. The summed E-state index contributed by atoms with van der Waals surface area (Å²) < 4.78 is 25.3. The molecule has 0 saturated carbocycles. The van der Waals surface area contributed by atoms with Crippen LogP contribution in [-0.2, 0) is 4.74 Å². The van der Waals surface area contributed by atoms with Crippen LogP contribution in [0, 0.1) is 18.2 Å². The lowest BCUT2D eigenvalue weighted by Crippen LogP contribution is -2.21. The number of pyridine rings is 1. The molecule has 3 nitrogen and oxygen atoms in total. The van der Waals surface area contributed by atoms with E-state index in [2.05, 4.69) is 31.8 Å². The van der Waals surface area contributed by atoms with Crippen molar-refractivity contribution in [3.05, 3.63) is 47.4 Å². The topological polar surface area (TPSA) is 31.4 Å². The lowest BCUT2D eigenvalue weighted by Gasteiger charge is -2.31. The van der Waals surface area contributed by atoms with Gasteiger partial charge >= 0.3 is 0 Å². The number of aromatic nitrogens is 1. The van der Waals surface area contributed by atoms with Gasteiger partial charge in [-0.25, -0.2) is 9.37 Å². The summed E-state index contributed by atoms with van der Waals surface area (Å²) in [6.45, 7) is 8.34. The average molecular weight is 317 g/mol. The number of benzene rings is 1. The molecular formula is C19H24FNO2. The maximum absolute atomic E-state index is 14.4. The van der Waals surface area contributed by atoms with Crippen LogP contribution in [0.1, 0.15) is 38.0 Å². The van der Waals surface area contributed by atoms with Gasteiger partial charge in [-0.1, -0.05) is 44.5 Å². The molecule has 2 rings (SSSR count). The van der Waals surface area contributed by atoms with Gasteiger partial charge in [0.1, 0.15) is 5.82 Å². The fourth-order valence-electron chi connectivity index (χ4n) is 2.83. The normalized spacial score (nSPS) is 13.0. The Labute approximate surface area is 137 Å². The summed E-state index contributed by atoms with van der Waals surface area (Å²) in [6, 6.07) is 7.58. The van der Waals surface area contributed by atoms with Crippen molar-refractivity contribution in [3.63, 3.8) is 0 Å². The van der Waals surface area contributed by atoms with E-state index in [1.54, 1.807) is 13.2 Å². The lowest BCUT2D eigenvalue weighted by molar-refractivity contribution is 0.0155. The molecule has 0 aliphatic heterocycles. The molecule has 0 radical (unpaired) electrons. The highest BCUT2D eigenvalue weighted by atomic mass is 19.1. The number of nitrogens with zero attached hydrogens (tertiary/aromatic N) is 1. The van der Waals surface area contributed by atoms with Gasteiger partial charge < -0.3 is 9.47 Å². The first-order valence-corrected chi connectivity index (χ1v) is 7.61. The Morgan fingerprint density at radius 2 is 1.78 bits per heavy atom. The van der Waals surface area contributed by atoms with Crippen LogP contribution in [0.5, 0.6) is 5.88 Å². The van der Waals surface area contributed by atoms with Gasteiger partial charge in [0.15, 0.2) is 0 Å². The van der Waals surface area contributed by atoms with Gasteiger partial charge in [-0.15, -0.1) is 0 Å². The van der Waals surface area contributed by atoms with Crippen molar-refractivity contribution in [2.24, 2.45) is 5.41 Å². The highest BCUT2D eigenvalue weighted by molar-refractivity contribution is 5.69. The van der Waals surface area contributed by atoms with Crippen LogP contribution in [0.2, 0.25) is 0 Å². The first-order chi connectivity index (χ1) is 10.8. The predicted octanol–water partition coefficient (Wildman–Crippen LogP) is 4.94. The van der Waals surface area contributed by atoms with Crippen LogP contribution in [-0.4, -0.2) is 19.2 Å². The highest BCUT2D eigenvalue weighted by Gasteiger charge is 2.29. The highest BCUT2D eigenvalue weighted by Crippen LogP contribution is 2.41. The van der Waals surface area contributed by atoms with Crippen LogP contribution >= 0.6 is 0 Å². The van der Waals surface area contributed by atoms with Crippen molar-refractivity contribution < 1.29 is 13.9 Å². The molecule has 4 heteroatoms. The van der Waals surface area contributed by atoms with Crippen LogP contribution in [0.15, 0.2) is 30.5 Å². The fraction of sp³-hybridized carbons (Fsp3) is 0.421. The second-order valence-electron chi connectivity index (χ2n) is 6.78. The number of hydrogen-bond acceptors (Lipinski definition) is 3. The van der Waals surface area contributed by atoms with E-state index in [0.717, 1.165) is 16.7 Å². The molecule has 23 heavy (non-hydrogen) atoms. The zero-order chi connectivity index (χ0) is 17.2. The summed E-state index contributed by atoms with van der Waals surface area (Å²) in [5.74, 6) is 0.0114. The van der Waals surface area contributed by atoms with Gasteiger partial charge in [-0.3, -0.25) is 0 Å². The molecule has 1 aromatic carbocycles. The standard InChI is InChI=1S/C19H24FNO2/c1-12-7-8-13(14-10-17(22-5)21-11-16(14)20)15(9-12)18(23-6)19(2,3)4/h7-11,18H,1-6H3/t18-/m1/s1. The van der Waals surface area contributed by atoms with Gasteiger partial charge in [0.2, 0.25) is 5.88 Å². The number of ether oxygens (including phenoxy) is 2. The van der Waals surface area contributed by atoms with E-state index < -0.39 is 0 Å². The Morgan fingerprint density at radius 1 is 1.09 bits per heavy atom. The Hall–Kier alpha value is -1.94. The fourth-order valence-corrected chi connectivity index (χ4v) is 2.83. The van der Waals surface area contributed by atoms with E-state index in [9.17, 15) is 4.39 Å². The first-order valence-electron chi connectivity index (χ1n) is 7.61. The van der Waals surface area contributed by atoms with E-state index in [1.165, 1.54) is 13.3 Å². The lowest BCUT2D eigenvalue weighted by atomic mass is 9.81.